The molecule has 4 rings (SSSR count). The van der Waals surface area contributed by atoms with E-state index in [1.165, 1.54) is 5.56 Å². The van der Waals surface area contributed by atoms with Gasteiger partial charge < -0.3 is 24.4 Å². The van der Waals surface area contributed by atoms with Crippen LogP contribution in [0.4, 0.5) is 0 Å². The third-order valence-corrected chi connectivity index (χ3v) is 6.03. The van der Waals surface area contributed by atoms with Crippen LogP contribution in [0.1, 0.15) is 35.3 Å². The quantitative estimate of drug-likeness (QED) is 0.586. The number of H-pyrrole nitrogens is 1. The molecule has 0 saturated carbocycles. The summed E-state index contributed by atoms with van der Waals surface area (Å²) in [6.07, 6.45) is 3.82. The Bertz CT molecular complexity index is 1090. The molecular weight excluding hydrogens is 398 g/mol. The lowest BCUT2D eigenvalue weighted by Crippen LogP contribution is -2.43. The van der Waals surface area contributed by atoms with Crippen molar-refractivity contribution in [1.29, 1.82) is 0 Å². The van der Waals surface area contributed by atoms with Gasteiger partial charge in [0, 0.05) is 24.2 Å². The van der Waals surface area contributed by atoms with Gasteiger partial charge in [-0.2, -0.15) is 0 Å². The zero-order chi connectivity index (χ0) is 21.1. The minimum absolute atomic E-state index is 0.0862. The molecular formula is C23H27N3O3S. The molecule has 1 aliphatic rings. The van der Waals surface area contributed by atoms with Gasteiger partial charge in [-0.1, -0.05) is 0 Å². The summed E-state index contributed by atoms with van der Waals surface area (Å²) < 4.78 is 11.2. The highest BCUT2D eigenvalue weighted by atomic mass is 32.1. The first kappa shape index (κ1) is 20.6. The highest BCUT2D eigenvalue weighted by Gasteiger charge is 2.22. The number of aromatic nitrogens is 1. The van der Waals surface area contributed by atoms with Crippen molar-refractivity contribution in [2.45, 2.75) is 45.9 Å². The summed E-state index contributed by atoms with van der Waals surface area (Å²) in [5.41, 5.74) is 3.82. The van der Waals surface area contributed by atoms with E-state index in [-0.39, 0.29) is 11.7 Å². The molecule has 0 amide bonds. The Morgan fingerprint density at radius 3 is 2.87 bits per heavy atom. The lowest BCUT2D eigenvalue weighted by Gasteiger charge is -2.28. The molecule has 3 aromatic rings. The van der Waals surface area contributed by atoms with Crippen LogP contribution in [0.15, 0.2) is 45.8 Å². The van der Waals surface area contributed by atoms with E-state index < -0.39 is 0 Å². The van der Waals surface area contributed by atoms with Gasteiger partial charge in [0.05, 0.1) is 25.5 Å². The van der Waals surface area contributed by atoms with Crippen molar-refractivity contribution in [3.8, 4) is 0 Å². The number of aromatic amines is 1. The summed E-state index contributed by atoms with van der Waals surface area (Å²) >= 11 is 5.66. The molecule has 30 heavy (non-hydrogen) atoms. The standard InChI is InChI=1S/C23H27N3O3S/c1-15-9-17-11-18(22(27)25-21(17)10-16(15)2)13-26(14-20-6-4-8-29-20)23(30)24-12-19-5-3-7-28-19/h3,5,7,9-11,20H,4,6,8,12-14H2,1-2H3,(H,24,30)(H,25,27)/t20-/m0/s1. The van der Waals surface area contributed by atoms with Gasteiger partial charge in [0.1, 0.15) is 5.76 Å². The first-order valence-electron chi connectivity index (χ1n) is 10.3. The van der Waals surface area contributed by atoms with Crippen molar-refractivity contribution in [3.05, 3.63) is 69.4 Å². The Kier molecular flexibility index (Phi) is 6.20. The van der Waals surface area contributed by atoms with Crippen LogP contribution in [0.3, 0.4) is 0 Å². The molecule has 2 aromatic heterocycles. The van der Waals surface area contributed by atoms with E-state index in [1.54, 1.807) is 6.26 Å². The average Bonchev–Trinajstić information content (AvgIpc) is 3.42. The van der Waals surface area contributed by atoms with Crippen LogP contribution in [0, 0.1) is 13.8 Å². The Balaban J connectivity index is 1.56. The number of benzene rings is 1. The monoisotopic (exact) mass is 425 g/mol. The number of hydrogen-bond acceptors (Lipinski definition) is 4. The van der Waals surface area contributed by atoms with E-state index in [9.17, 15) is 4.79 Å². The van der Waals surface area contributed by atoms with Crippen LogP contribution in [0.25, 0.3) is 10.9 Å². The Hall–Kier alpha value is -2.64. The van der Waals surface area contributed by atoms with E-state index in [2.05, 4.69) is 23.3 Å². The number of thiocarbonyl (C=S) groups is 1. The maximum Gasteiger partial charge on any atom is 0.253 e. The van der Waals surface area contributed by atoms with E-state index >= 15 is 0 Å². The van der Waals surface area contributed by atoms with Gasteiger partial charge >= 0.3 is 0 Å². The predicted molar refractivity (Wildman–Crippen MR) is 122 cm³/mol. The van der Waals surface area contributed by atoms with Crippen molar-refractivity contribution in [2.24, 2.45) is 0 Å². The third kappa shape index (κ3) is 4.74. The van der Waals surface area contributed by atoms with Crippen molar-refractivity contribution < 1.29 is 9.15 Å². The van der Waals surface area contributed by atoms with Gasteiger partial charge in [-0.3, -0.25) is 4.79 Å². The fourth-order valence-electron chi connectivity index (χ4n) is 3.79. The summed E-state index contributed by atoms with van der Waals surface area (Å²) in [7, 11) is 0. The van der Waals surface area contributed by atoms with Gasteiger partial charge in [-0.25, -0.2) is 0 Å². The molecule has 6 nitrogen and oxygen atoms in total. The SMILES string of the molecule is Cc1cc2cc(CN(C[C@@H]3CCCO3)C(=S)NCc3ccco3)c(=O)[nH]c2cc1C. The normalized spacial score (nSPS) is 16.1. The average molecular weight is 426 g/mol. The van der Waals surface area contributed by atoms with Crippen molar-refractivity contribution in [2.75, 3.05) is 13.2 Å². The van der Waals surface area contributed by atoms with Crippen LogP contribution in [-0.2, 0) is 17.8 Å². The van der Waals surface area contributed by atoms with E-state index in [0.29, 0.717) is 30.3 Å². The molecule has 0 radical (unpaired) electrons. The van der Waals surface area contributed by atoms with Crippen LogP contribution >= 0.6 is 12.2 Å². The maximum absolute atomic E-state index is 12.8. The molecule has 0 aliphatic carbocycles. The number of nitrogens with zero attached hydrogens (tertiary/aromatic N) is 1. The Morgan fingerprint density at radius 1 is 1.30 bits per heavy atom. The number of ether oxygens (including phenoxy) is 1. The number of nitrogens with one attached hydrogen (secondary N) is 2. The minimum atomic E-state index is -0.0862. The molecule has 158 valence electrons. The Morgan fingerprint density at radius 2 is 2.13 bits per heavy atom. The second-order valence-corrected chi connectivity index (χ2v) is 8.29. The molecule has 0 bridgehead atoms. The van der Waals surface area contributed by atoms with E-state index in [0.717, 1.165) is 41.7 Å². The topological polar surface area (TPSA) is 70.5 Å². The zero-order valence-electron chi connectivity index (χ0n) is 17.4. The number of furan rings is 1. The van der Waals surface area contributed by atoms with Crippen molar-refractivity contribution in [1.82, 2.24) is 15.2 Å². The summed E-state index contributed by atoms with van der Waals surface area (Å²) in [6.45, 7) is 6.47. The lowest BCUT2D eigenvalue weighted by molar-refractivity contribution is 0.0896. The van der Waals surface area contributed by atoms with Gasteiger partial charge in [0.15, 0.2) is 5.11 Å². The predicted octanol–water partition coefficient (Wildman–Crippen LogP) is 3.79. The Labute approximate surface area is 181 Å². The van der Waals surface area contributed by atoms with Gasteiger partial charge in [-0.05, 0) is 85.8 Å². The summed E-state index contributed by atoms with van der Waals surface area (Å²) in [4.78, 5) is 17.8. The summed E-state index contributed by atoms with van der Waals surface area (Å²) in [5.74, 6) is 0.809. The maximum atomic E-state index is 12.8. The van der Waals surface area contributed by atoms with E-state index in [4.69, 9.17) is 21.4 Å². The molecule has 1 saturated heterocycles. The molecule has 1 aliphatic heterocycles. The number of aryl methyl sites for hydroxylation is 2. The smallest absolute Gasteiger partial charge is 0.253 e. The highest BCUT2D eigenvalue weighted by molar-refractivity contribution is 7.80. The summed E-state index contributed by atoms with van der Waals surface area (Å²) in [6, 6.07) is 9.86. The third-order valence-electron chi connectivity index (χ3n) is 5.63. The lowest BCUT2D eigenvalue weighted by atomic mass is 10.0. The molecule has 3 heterocycles. The second kappa shape index (κ2) is 9.02. The van der Waals surface area contributed by atoms with Crippen molar-refractivity contribution in [3.63, 3.8) is 0 Å². The molecule has 0 unspecified atom stereocenters. The fourth-order valence-corrected chi connectivity index (χ4v) is 4.00. The minimum Gasteiger partial charge on any atom is -0.467 e. The number of pyridine rings is 1. The number of rotatable bonds is 6. The molecule has 1 aromatic carbocycles. The molecule has 7 heteroatoms. The molecule has 1 atom stereocenters. The van der Waals surface area contributed by atoms with Gasteiger partial charge in [0.25, 0.3) is 5.56 Å². The van der Waals surface area contributed by atoms with Gasteiger partial charge in [0.2, 0.25) is 0 Å². The van der Waals surface area contributed by atoms with Crippen LogP contribution in [0.2, 0.25) is 0 Å². The fraction of sp³-hybridized carbons (Fsp3) is 0.391. The van der Waals surface area contributed by atoms with Crippen molar-refractivity contribution >= 4 is 28.2 Å². The number of hydrogen-bond donors (Lipinski definition) is 2. The zero-order valence-corrected chi connectivity index (χ0v) is 18.2. The van der Waals surface area contributed by atoms with E-state index in [1.807, 2.05) is 36.1 Å². The van der Waals surface area contributed by atoms with Crippen LogP contribution < -0.4 is 10.9 Å². The molecule has 0 spiro atoms. The van der Waals surface area contributed by atoms with Crippen LogP contribution in [0.5, 0.6) is 0 Å². The van der Waals surface area contributed by atoms with Gasteiger partial charge in [-0.15, -0.1) is 0 Å². The molecule has 2 N–H and O–H groups in total. The second-order valence-electron chi connectivity index (χ2n) is 7.90. The van der Waals surface area contributed by atoms with Crippen LogP contribution in [-0.4, -0.2) is 34.3 Å². The number of fused-ring (bicyclic) bond motifs is 1. The first-order chi connectivity index (χ1) is 14.5. The summed E-state index contributed by atoms with van der Waals surface area (Å²) in [5, 5.41) is 4.86. The first-order valence-corrected chi connectivity index (χ1v) is 10.7. The highest BCUT2D eigenvalue weighted by Crippen LogP contribution is 2.19. The largest absolute Gasteiger partial charge is 0.467 e. The molecule has 1 fully saturated rings.